The first-order valence-electron chi connectivity index (χ1n) is 9.77. The Hall–Kier alpha value is -1.05. The summed E-state index contributed by atoms with van der Waals surface area (Å²) in [4.78, 5) is 11.5. The summed E-state index contributed by atoms with van der Waals surface area (Å²) in [6, 6.07) is 0. The Bertz CT molecular complexity index is 558. The summed E-state index contributed by atoms with van der Waals surface area (Å²) >= 11 is 0. The third kappa shape index (κ3) is 2.86. The van der Waals surface area contributed by atoms with Crippen LogP contribution < -0.4 is 0 Å². The lowest BCUT2D eigenvalue weighted by Crippen LogP contribution is -2.50. The molecule has 0 radical (unpaired) electrons. The van der Waals surface area contributed by atoms with Crippen molar-refractivity contribution in [2.75, 3.05) is 6.61 Å². The van der Waals surface area contributed by atoms with Crippen LogP contribution in [0, 0.1) is 34.5 Å². The van der Waals surface area contributed by atoms with Crippen LogP contribution in [0.2, 0.25) is 0 Å². The molecule has 0 aromatic heterocycles. The zero-order chi connectivity index (χ0) is 17.5. The summed E-state index contributed by atoms with van der Waals surface area (Å²) in [6.07, 6.45) is 13.5. The highest BCUT2D eigenvalue weighted by molar-refractivity contribution is 5.65. The molecule has 5 unspecified atom stereocenters. The SMILES string of the molecule is CC(=O)OCC12CCC3(C)CC=C(C)C=CC3C1CCC2C(C)C. The van der Waals surface area contributed by atoms with E-state index in [0.29, 0.717) is 35.7 Å². The Morgan fingerprint density at radius 2 is 2.08 bits per heavy atom. The minimum absolute atomic E-state index is 0.125. The van der Waals surface area contributed by atoms with E-state index in [1.807, 2.05) is 0 Å². The van der Waals surface area contributed by atoms with E-state index in [0.717, 1.165) is 0 Å². The van der Waals surface area contributed by atoms with Gasteiger partial charge in [-0.25, -0.2) is 0 Å². The molecule has 3 rings (SSSR count). The first-order chi connectivity index (χ1) is 11.3. The van der Waals surface area contributed by atoms with Gasteiger partial charge in [-0.2, -0.15) is 0 Å². The summed E-state index contributed by atoms with van der Waals surface area (Å²) < 4.78 is 5.66. The van der Waals surface area contributed by atoms with Gasteiger partial charge in [0.1, 0.15) is 0 Å². The third-order valence-electron chi connectivity index (χ3n) is 7.47. The van der Waals surface area contributed by atoms with Crippen LogP contribution in [0.15, 0.2) is 23.8 Å². The number of allylic oxidation sites excluding steroid dienone is 4. The molecule has 0 N–H and O–H groups in total. The van der Waals surface area contributed by atoms with Crippen LogP contribution >= 0.6 is 0 Å². The number of fused-ring (bicyclic) bond motifs is 3. The van der Waals surface area contributed by atoms with E-state index in [1.54, 1.807) is 6.92 Å². The van der Waals surface area contributed by atoms with E-state index < -0.39 is 0 Å². The molecule has 0 aromatic rings. The van der Waals surface area contributed by atoms with Crippen molar-refractivity contribution in [3.63, 3.8) is 0 Å². The molecule has 2 heteroatoms. The van der Waals surface area contributed by atoms with E-state index in [-0.39, 0.29) is 11.4 Å². The van der Waals surface area contributed by atoms with Gasteiger partial charge >= 0.3 is 5.97 Å². The molecule has 5 atom stereocenters. The summed E-state index contributed by atoms with van der Waals surface area (Å²) in [5, 5.41) is 0. The van der Waals surface area contributed by atoms with Crippen LogP contribution in [0.1, 0.15) is 66.7 Å². The zero-order valence-electron chi connectivity index (χ0n) is 16.1. The average molecular weight is 331 g/mol. The van der Waals surface area contributed by atoms with Gasteiger partial charge in [-0.1, -0.05) is 44.6 Å². The fourth-order valence-corrected chi connectivity index (χ4v) is 6.13. The van der Waals surface area contributed by atoms with Crippen molar-refractivity contribution in [2.45, 2.75) is 66.7 Å². The van der Waals surface area contributed by atoms with E-state index in [4.69, 9.17) is 4.74 Å². The molecular weight excluding hydrogens is 296 g/mol. The molecule has 3 aliphatic carbocycles. The highest BCUT2D eigenvalue weighted by Crippen LogP contribution is 2.65. The Balaban J connectivity index is 1.96. The van der Waals surface area contributed by atoms with Crippen molar-refractivity contribution >= 4 is 5.97 Å². The Morgan fingerprint density at radius 1 is 1.33 bits per heavy atom. The monoisotopic (exact) mass is 330 g/mol. The number of esters is 1. The van der Waals surface area contributed by atoms with Gasteiger partial charge in [0.2, 0.25) is 0 Å². The second kappa shape index (κ2) is 6.35. The number of carbonyl (C=O) groups excluding carboxylic acids is 1. The van der Waals surface area contributed by atoms with Crippen molar-refractivity contribution in [3.05, 3.63) is 23.8 Å². The smallest absolute Gasteiger partial charge is 0.302 e. The van der Waals surface area contributed by atoms with Crippen molar-refractivity contribution in [3.8, 4) is 0 Å². The number of hydrogen-bond acceptors (Lipinski definition) is 2. The topological polar surface area (TPSA) is 26.3 Å². The number of ether oxygens (including phenoxy) is 1. The molecule has 2 nitrogen and oxygen atoms in total. The summed E-state index contributed by atoms with van der Waals surface area (Å²) in [6.45, 7) is 11.6. The van der Waals surface area contributed by atoms with Gasteiger partial charge in [0, 0.05) is 12.3 Å². The standard InChI is InChI=1S/C22H34O2/c1-15(2)18-8-9-20-19-7-6-16(3)10-11-21(19,5)12-13-22(18,20)14-24-17(4)23/h6-7,10,15,18-20H,8-9,11-14H2,1-5H3. The largest absolute Gasteiger partial charge is 0.465 e. The molecule has 134 valence electrons. The highest BCUT2D eigenvalue weighted by atomic mass is 16.5. The van der Waals surface area contributed by atoms with Crippen LogP contribution in [-0.2, 0) is 9.53 Å². The van der Waals surface area contributed by atoms with Gasteiger partial charge in [-0.05, 0) is 68.1 Å². The van der Waals surface area contributed by atoms with Gasteiger partial charge < -0.3 is 4.74 Å². The Labute approximate surface area is 147 Å². The highest BCUT2D eigenvalue weighted by Gasteiger charge is 2.59. The van der Waals surface area contributed by atoms with Crippen LogP contribution in [0.25, 0.3) is 0 Å². The number of rotatable bonds is 3. The minimum atomic E-state index is -0.125. The van der Waals surface area contributed by atoms with Crippen LogP contribution in [0.5, 0.6) is 0 Å². The van der Waals surface area contributed by atoms with E-state index in [9.17, 15) is 4.79 Å². The molecule has 0 heterocycles. The van der Waals surface area contributed by atoms with Crippen LogP contribution in [0.3, 0.4) is 0 Å². The van der Waals surface area contributed by atoms with Crippen molar-refractivity contribution in [1.82, 2.24) is 0 Å². The maximum Gasteiger partial charge on any atom is 0.302 e. The molecule has 0 saturated heterocycles. The number of hydrogen-bond donors (Lipinski definition) is 0. The molecule has 0 amide bonds. The van der Waals surface area contributed by atoms with Crippen molar-refractivity contribution in [2.24, 2.45) is 34.5 Å². The lowest BCUT2D eigenvalue weighted by atomic mass is 9.51. The van der Waals surface area contributed by atoms with E-state index >= 15 is 0 Å². The van der Waals surface area contributed by atoms with Gasteiger partial charge in [0.05, 0.1) is 6.61 Å². The van der Waals surface area contributed by atoms with Crippen molar-refractivity contribution < 1.29 is 9.53 Å². The fourth-order valence-electron chi connectivity index (χ4n) is 6.13. The number of carbonyl (C=O) groups is 1. The molecule has 3 aliphatic rings. The molecule has 0 bridgehead atoms. The predicted molar refractivity (Wildman–Crippen MR) is 98.5 cm³/mol. The molecule has 2 fully saturated rings. The first kappa shape index (κ1) is 17.8. The normalized spacial score (nSPS) is 41.4. The van der Waals surface area contributed by atoms with Gasteiger partial charge in [0.25, 0.3) is 0 Å². The van der Waals surface area contributed by atoms with Gasteiger partial charge in [0.15, 0.2) is 0 Å². The fraction of sp³-hybridized carbons (Fsp3) is 0.773. The maximum absolute atomic E-state index is 11.5. The summed E-state index contributed by atoms with van der Waals surface area (Å²) in [7, 11) is 0. The Kier molecular flexibility index (Phi) is 4.70. The quantitative estimate of drug-likeness (QED) is 0.635. The Morgan fingerprint density at radius 3 is 2.75 bits per heavy atom. The van der Waals surface area contributed by atoms with Gasteiger partial charge in [-0.15, -0.1) is 0 Å². The molecule has 2 saturated carbocycles. The van der Waals surface area contributed by atoms with Crippen LogP contribution in [0.4, 0.5) is 0 Å². The van der Waals surface area contributed by atoms with Crippen molar-refractivity contribution in [1.29, 1.82) is 0 Å². The van der Waals surface area contributed by atoms with Crippen LogP contribution in [-0.4, -0.2) is 12.6 Å². The second-order valence-electron chi connectivity index (χ2n) is 9.24. The molecule has 0 aromatic carbocycles. The maximum atomic E-state index is 11.5. The first-order valence-corrected chi connectivity index (χ1v) is 9.77. The van der Waals surface area contributed by atoms with Gasteiger partial charge in [-0.3, -0.25) is 4.79 Å². The predicted octanol–water partition coefficient (Wildman–Crippen LogP) is 5.54. The van der Waals surface area contributed by atoms with E-state index in [2.05, 4.69) is 45.9 Å². The lowest BCUT2D eigenvalue weighted by molar-refractivity contribution is -0.152. The third-order valence-corrected chi connectivity index (χ3v) is 7.47. The summed E-state index contributed by atoms with van der Waals surface area (Å²) in [5.74, 6) is 2.47. The molecule has 0 spiro atoms. The molecular formula is C22H34O2. The summed E-state index contributed by atoms with van der Waals surface area (Å²) in [5.41, 5.74) is 1.95. The average Bonchev–Trinajstić information content (AvgIpc) is 2.82. The molecule has 0 aliphatic heterocycles. The minimum Gasteiger partial charge on any atom is -0.465 e. The lowest BCUT2D eigenvalue weighted by Gasteiger charge is -2.54. The molecule has 24 heavy (non-hydrogen) atoms. The zero-order valence-corrected chi connectivity index (χ0v) is 16.1. The second-order valence-corrected chi connectivity index (χ2v) is 9.24. The van der Waals surface area contributed by atoms with E-state index in [1.165, 1.54) is 37.7 Å².